The fourth-order valence-electron chi connectivity index (χ4n) is 1.57. The zero-order valence-corrected chi connectivity index (χ0v) is 9.59. The molecule has 0 amide bonds. The molecule has 0 aromatic heterocycles. The van der Waals surface area contributed by atoms with E-state index in [1.165, 1.54) is 24.1 Å². The van der Waals surface area contributed by atoms with Gasteiger partial charge in [0.25, 0.3) is 0 Å². The van der Waals surface area contributed by atoms with Crippen LogP contribution in [0.3, 0.4) is 0 Å². The van der Waals surface area contributed by atoms with Crippen LogP contribution in [0.25, 0.3) is 0 Å². The Morgan fingerprint density at radius 1 is 1.07 bits per heavy atom. The van der Waals surface area contributed by atoms with Crippen molar-refractivity contribution < 1.29 is 0 Å². The molecule has 1 nitrogen and oxygen atoms in total. The van der Waals surface area contributed by atoms with Gasteiger partial charge in [-0.05, 0) is 38.9 Å². The van der Waals surface area contributed by atoms with E-state index in [1.54, 1.807) is 0 Å². The molecule has 1 aromatic rings. The minimum absolute atomic E-state index is 1.16. The topological polar surface area (TPSA) is 3.24 Å². The predicted molar refractivity (Wildman–Crippen MR) is 62.7 cm³/mol. The number of aryl methyl sites for hydroxylation is 1. The highest BCUT2D eigenvalue weighted by atomic mass is 15.1. The molecule has 0 heterocycles. The van der Waals surface area contributed by atoms with Gasteiger partial charge in [-0.1, -0.05) is 36.8 Å². The lowest BCUT2D eigenvalue weighted by molar-refractivity contribution is 0.339. The number of hydrogen-bond acceptors (Lipinski definition) is 1. The van der Waals surface area contributed by atoms with Crippen molar-refractivity contribution in [2.75, 3.05) is 20.1 Å². The van der Waals surface area contributed by atoms with E-state index in [4.69, 9.17) is 0 Å². The second-order valence-corrected chi connectivity index (χ2v) is 4.04. The standard InChI is InChI=1S/C13H21N/c1-4-10-14(3)11-9-13-7-5-12(2)6-8-13/h5-8H,4,9-11H2,1-3H3. The van der Waals surface area contributed by atoms with Gasteiger partial charge in [0.2, 0.25) is 0 Å². The Morgan fingerprint density at radius 2 is 1.71 bits per heavy atom. The number of nitrogens with zero attached hydrogens (tertiary/aromatic N) is 1. The van der Waals surface area contributed by atoms with E-state index in [1.807, 2.05) is 0 Å². The molecule has 0 bridgehead atoms. The molecule has 0 N–H and O–H groups in total. The van der Waals surface area contributed by atoms with Crippen molar-refractivity contribution in [3.8, 4) is 0 Å². The molecule has 0 radical (unpaired) electrons. The molecule has 0 aliphatic carbocycles. The fraction of sp³-hybridized carbons (Fsp3) is 0.538. The average Bonchev–Trinajstić information content (AvgIpc) is 2.17. The van der Waals surface area contributed by atoms with Crippen LogP contribution >= 0.6 is 0 Å². The van der Waals surface area contributed by atoms with Crippen LogP contribution in [0.2, 0.25) is 0 Å². The lowest BCUT2D eigenvalue weighted by Gasteiger charge is -2.15. The molecule has 0 aliphatic heterocycles. The van der Waals surface area contributed by atoms with Gasteiger partial charge in [0.05, 0.1) is 0 Å². The van der Waals surface area contributed by atoms with Gasteiger partial charge < -0.3 is 4.90 Å². The normalized spacial score (nSPS) is 10.9. The fourth-order valence-corrected chi connectivity index (χ4v) is 1.57. The van der Waals surface area contributed by atoms with Crippen molar-refractivity contribution in [3.05, 3.63) is 35.4 Å². The summed E-state index contributed by atoms with van der Waals surface area (Å²) in [6, 6.07) is 8.84. The molecule has 14 heavy (non-hydrogen) atoms. The Hall–Kier alpha value is -0.820. The Morgan fingerprint density at radius 3 is 2.29 bits per heavy atom. The van der Waals surface area contributed by atoms with E-state index in [2.05, 4.69) is 50.1 Å². The first kappa shape index (κ1) is 11.3. The van der Waals surface area contributed by atoms with E-state index in [0.29, 0.717) is 0 Å². The summed E-state index contributed by atoms with van der Waals surface area (Å²) in [4.78, 5) is 2.39. The summed E-state index contributed by atoms with van der Waals surface area (Å²) in [6.07, 6.45) is 2.40. The highest BCUT2D eigenvalue weighted by Crippen LogP contribution is 2.04. The first-order chi connectivity index (χ1) is 6.72. The molecular weight excluding hydrogens is 170 g/mol. The number of rotatable bonds is 5. The van der Waals surface area contributed by atoms with Gasteiger partial charge in [-0.2, -0.15) is 0 Å². The first-order valence-electron chi connectivity index (χ1n) is 5.46. The molecule has 0 aliphatic rings. The van der Waals surface area contributed by atoms with E-state index in [0.717, 1.165) is 13.0 Å². The molecule has 0 fully saturated rings. The maximum absolute atomic E-state index is 2.39. The Kier molecular flexibility index (Phi) is 4.68. The summed E-state index contributed by atoms with van der Waals surface area (Å²) in [5.41, 5.74) is 2.79. The monoisotopic (exact) mass is 191 g/mol. The van der Waals surface area contributed by atoms with Crippen LogP contribution in [-0.2, 0) is 6.42 Å². The van der Waals surface area contributed by atoms with E-state index >= 15 is 0 Å². The van der Waals surface area contributed by atoms with Gasteiger partial charge in [0.15, 0.2) is 0 Å². The lowest BCUT2D eigenvalue weighted by Crippen LogP contribution is -2.21. The molecule has 1 aromatic carbocycles. The van der Waals surface area contributed by atoms with Crippen LogP contribution in [0.5, 0.6) is 0 Å². The van der Waals surface area contributed by atoms with Crippen molar-refractivity contribution in [2.45, 2.75) is 26.7 Å². The molecule has 1 rings (SSSR count). The van der Waals surface area contributed by atoms with Crippen LogP contribution in [0.4, 0.5) is 0 Å². The maximum atomic E-state index is 2.39. The van der Waals surface area contributed by atoms with Gasteiger partial charge in [0, 0.05) is 6.54 Å². The van der Waals surface area contributed by atoms with Crippen molar-refractivity contribution in [1.82, 2.24) is 4.90 Å². The zero-order valence-electron chi connectivity index (χ0n) is 9.59. The molecule has 0 saturated heterocycles. The molecular formula is C13H21N. The van der Waals surface area contributed by atoms with Gasteiger partial charge >= 0.3 is 0 Å². The summed E-state index contributed by atoms with van der Waals surface area (Å²) in [6.45, 7) is 6.72. The number of likely N-dealkylation sites (N-methyl/N-ethyl adjacent to an activating group) is 1. The Bertz CT molecular complexity index is 250. The molecule has 0 atom stereocenters. The van der Waals surface area contributed by atoms with Crippen LogP contribution in [-0.4, -0.2) is 25.0 Å². The van der Waals surface area contributed by atoms with Crippen molar-refractivity contribution in [2.24, 2.45) is 0 Å². The molecule has 0 unspecified atom stereocenters. The zero-order chi connectivity index (χ0) is 10.4. The maximum Gasteiger partial charge on any atom is 0.00188 e. The van der Waals surface area contributed by atoms with Gasteiger partial charge in [-0.15, -0.1) is 0 Å². The van der Waals surface area contributed by atoms with Crippen LogP contribution < -0.4 is 0 Å². The van der Waals surface area contributed by atoms with Crippen molar-refractivity contribution in [3.63, 3.8) is 0 Å². The Balaban J connectivity index is 2.34. The van der Waals surface area contributed by atoms with Gasteiger partial charge in [0.1, 0.15) is 0 Å². The minimum atomic E-state index is 1.16. The number of hydrogen-bond donors (Lipinski definition) is 0. The van der Waals surface area contributed by atoms with Crippen molar-refractivity contribution in [1.29, 1.82) is 0 Å². The van der Waals surface area contributed by atoms with Crippen LogP contribution in [0.15, 0.2) is 24.3 Å². The van der Waals surface area contributed by atoms with Gasteiger partial charge in [-0.25, -0.2) is 0 Å². The highest BCUT2D eigenvalue weighted by Gasteiger charge is 1.97. The third kappa shape index (κ3) is 3.93. The highest BCUT2D eigenvalue weighted by molar-refractivity contribution is 5.21. The smallest absolute Gasteiger partial charge is 0.00188 e. The largest absolute Gasteiger partial charge is 0.306 e. The van der Waals surface area contributed by atoms with E-state index < -0.39 is 0 Å². The van der Waals surface area contributed by atoms with Gasteiger partial charge in [-0.3, -0.25) is 0 Å². The summed E-state index contributed by atoms with van der Waals surface area (Å²) >= 11 is 0. The lowest BCUT2D eigenvalue weighted by atomic mass is 10.1. The summed E-state index contributed by atoms with van der Waals surface area (Å²) < 4.78 is 0. The summed E-state index contributed by atoms with van der Waals surface area (Å²) in [7, 11) is 2.19. The molecule has 0 saturated carbocycles. The minimum Gasteiger partial charge on any atom is -0.306 e. The summed E-state index contributed by atoms with van der Waals surface area (Å²) in [5.74, 6) is 0. The SMILES string of the molecule is CCCN(C)CCc1ccc(C)cc1. The Labute approximate surface area is 87.7 Å². The third-order valence-electron chi connectivity index (χ3n) is 2.51. The molecule has 0 spiro atoms. The number of benzene rings is 1. The predicted octanol–water partition coefficient (Wildman–Crippen LogP) is 2.88. The van der Waals surface area contributed by atoms with Crippen molar-refractivity contribution >= 4 is 0 Å². The molecule has 1 heteroatoms. The first-order valence-corrected chi connectivity index (χ1v) is 5.46. The van der Waals surface area contributed by atoms with E-state index in [9.17, 15) is 0 Å². The molecule has 78 valence electrons. The van der Waals surface area contributed by atoms with Crippen LogP contribution in [0.1, 0.15) is 24.5 Å². The quantitative estimate of drug-likeness (QED) is 0.691. The van der Waals surface area contributed by atoms with Crippen LogP contribution in [0, 0.1) is 6.92 Å². The average molecular weight is 191 g/mol. The third-order valence-corrected chi connectivity index (χ3v) is 2.51. The second kappa shape index (κ2) is 5.82. The second-order valence-electron chi connectivity index (χ2n) is 4.04. The van der Waals surface area contributed by atoms with E-state index in [-0.39, 0.29) is 0 Å². The summed E-state index contributed by atoms with van der Waals surface area (Å²) in [5, 5.41) is 0.